The van der Waals surface area contributed by atoms with E-state index in [-0.39, 0.29) is 10.8 Å². The fourth-order valence-electron chi connectivity index (χ4n) is 3.94. The van der Waals surface area contributed by atoms with Crippen molar-refractivity contribution in [3.8, 4) is 5.75 Å². The Morgan fingerprint density at radius 1 is 1.30 bits per heavy atom. The monoisotopic (exact) mass is 338 g/mol. The van der Waals surface area contributed by atoms with E-state index in [0.29, 0.717) is 11.7 Å². The highest BCUT2D eigenvalue weighted by Crippen LogP contribution is 2.54. The molecule has 20 heavy (non-hydrogen) atoms. The van der Waals surface area contributed by atoms with Crippen molar-refractivity contribution in [2.75, 3.05) is 0 Å². The van der Waals surface area contributed by atoms with E-state index in [1.165, 1.54) is 30.4 Å². The van der Waals surface area contributed by atoms with E-state index in [1.54, 1.807) is 0 Å². The van der Waals surface area contributed by atoms with Gasteiger partial charge in [-0.15, -0.1) is 0 Å². The normalized spacial score (nSPS) is 23.4. The maximum Gasteiger partial charge on any atom is 0.132 e. The van der Waals surface area contributed by atoms with Crippen LogP contribution in [0.2, 0.25) is 0 Å². The second-order valence-electron chi connectivity index (χ2n) is 7.57. The molecule has 0 spiro atoms. The zero-order valence-corrected chi connectivity index (χ0v) is 15.2. The lowest BCUT2D eigenvalue weighted by atomic mass is 9.56. The second-order valence-corrected chi connectivity index (χ2v) is 8.37. The molecule has 0 saturated carbocycles. The number of phenols is 1. The van der Waals surface area contributed by atoms with Crippen LogP contribution in [0.5, 0.6) is 5.75 Å². The number of benzene rings is 1. The van der Waals surface area contributed by atoms with Crippen molar-refractivity contribution in [1.29, 1.82) is 0 Å². The highest BCUT2D eigenvalue weighted by Gasteiger charge is 2.45. The van der Waals surface area contributed by atoms with E-state index in [9.17, 15) is 5.11 Å². The molecule has 0 heterocycles. The first kappa shape index (κ1) is 15.9. The maximum absolute atomic E-state index is 10.3. The Bertz CT molecular complexity index is 529. The van der Waals surface area contributed by atoms with Gasteiger partial charge in [0.15, 0.2) is 0 Å². The summed E-state index contributed by atoms with van der Waals surface area (Å²) in [7, 11) is 0. The molecule has 0 amide bonds. The molecule has 2 rings (SSSR count). The fraction of sp³-hybridized carbons (Fsp3) is 0.667. The van der Waals surface area contributed by atoms with Crippen LogP contribution in [0.25, 0.3) is 0 Å². The molecule has 112 valence electrons. The summed E-state index contributed by atoms with van der Waals surface area (Å²) in [5, 5.41) is 10.3. The highest BCUT2D eigenvalue weighted by molar-refractivity contribution is 9.10. The Balaban J connectivity index is 2.72. The van der Waals surface area contributed by atoms with Crippen molar-refractivity contribution in [3.63, 3.8) is 0 Å². The van der Waals surface area contributed by atoms with Crippen LogP contribution < -0.4 is 0 Å². The number of hydrogen-bond acceptors (Lipinski definition) is 1. The van der Waals surface area contributed by atoms with Crippen LogP contribution in [0.1, 0.15) is 70.6 Å². The molecule has 1 unspecified atom stereocenters. The molecule has 1 aromatic rings. The fourth-order valence-corrected chi connectivity index (χ4v) is 5.00. The van der Waals surface area contributed by atoms with Gasteiger partial charge in [-0.05, 0) is 69.1 Å². The first-order valence-electron chi connectivity index (χ1n) is 7.66. The third kappa shape index (κ3) is 2.30. The lowest BCUT2D eigenvalue weighted by Crippen LogP contribution is -2.42. The number of hydrogen-bond donors (Lipinski definition) is 1. The summed E-state index contributed by atoms with van der Waals surface area (Å²) < 4.78 is 0.903. The van der Waals surface area contributed by atoms with Crippen molar-refractivity contribution >= 4 is 15.9 Å². The molecule has 0 bridgehead atoms. The van der Waals surface area contributed by atoms with Gasteiger partial charge in [0.1, 0.15) is 5.75 Å². The zero-order chi connectivity index (χ0) is 15.3. The van der Waals surface area contributed by atoms with Gasteiger partial charge in [0.05, 0.1) is 4.47 Å². The molecule has 1 N–H and O–H groups in total. The molecule has 0 aromatic heterocycles. The number of phenolic OH excluding ortho intramolecular Hbond substituents is 1. The van der Waals surface area contributed by atoms with Crippen molar-refractivity contribution in [3.05, 3.63) is 27.2 Å². The Kier molecular flexibility index (Phi) is 4.01. The Morgan fingerprint density at radius 2 is 1.90 bits per heavy atom. The first-order valence-corrected chi connectivity index (χ1v) is 8.45. The van der Waals surface area contributed by atoms with Gasteiger partial charge in [0.2, 0.25) is 0 Å². The summed E-state index contributed by atoms with van der Waals surface area (Å²) >= 11 is 3.65. The molecule has 1 atom stereocenters. The highest BCUT2D eigenvalue weighted by atomic mass is 79.9. The van der Waals surface area contributed by atoms with Crippen LogP contribution in [0.3, 0.4) is 0 Å². The lowest BCUT2D eigenvalue weighted by Gasteiger charge is -2.48. The predicted molar refractivity (Wildman–Crippen MR) is 89.6 cm³/mol. The average Bonchev–Trinajstić information content (AvgIpc) is 2.32. The number of halogens is 1. The van der Waals surface area contributed by atoms with Gasteiger partial charge in [-0.2, -0.15) is 0 Å². The SMILES string of the molecule is CCCC1CC(C)(C)c2c(cc(C)c(O)c2Br)C1(C)C. The van der Waals surface area contributed by atoms with Crippen LogP contribution in [0.15, 0.2) is 10.5 Å². The zero-order valence-electron chi connectivity index (χ0n) is 13.6. The molecule has 0 aliphatic heterocycles. The third-order valence-electron chi connectivity index (χ3n) is 5.22. The summed E-state index contributed by atoms with van der Waals surface area (Å²) in [6.07, 6.45) is 3.69. The average molecular weight is 339 g/mol. The minimum atomic E-state index is 0.106. The van der Waals surface area contributed by atoms with Crippen LogP contribution in [-0.4, -0.2) is 5.11 Å². The molecule has 0 saturated heterocycles. The standard InChI is InChI=1S/C18H27BrO/c1-7-8-12-10-17(3,4)14-13(18(12,5)6)9-11(2)16(20)15(14)19/h9,12,20H,7-8,10H2,1-6H3. The van der Waals surface area contributed by atoms with Crippen LogP contribution >= 0.6 is 15.9 Å². The van der Waals surface area contributed by atoms with Gasteiger partial charge in [-0.1, -0.05) is 47.1 Å². The molecule has 1 aliphatic carbocycles. The van der Waals surface area contributed by atoms with Crippen molar-refractivity contribution in [2.24, 2.45) is 5.92 Å². The van der Waals surface area contributed by atoms with Crippen LogP contribution in [-0.2, 0) is 10.8 Å². The number of aryl methyl sites for hydroxylation is 1. The number of aromatic hydroxyl groups is 1. The van der Waals surface area contributed by atoms with Gasteiger partial charge in [0, 0.05) is 0 Å². The number of rotatable bonds is 2. The van der Waals surface area contributed by atoms with Gasteiger partial charge in [0.25, 0.3) is 0 Å². The van der Waals surface area contributed by atoms with E-state index >= 15 is 0 Å². The Morgan fingerprint density at radius 3 is 2.45 bits per heavy atom. The first-order chi connectivity index (χ1) is 9.13. The largest absolute Gasteiger partial charge is 0.506 e. The van der Waals surface area contributed by atoms with Crippen LogP contribution in [0.4, 0.5) is 0 Å². The summed E-state index contributed by atoms with van der Waals surface area (Å²) in [5.41, 5.74) is 3.96. The molecule has 1 nitrogen and oxygen atoms in total. The van der Waals surface area contributed by atoms with E-state index in [4.69, 9.17) is 0 Å². The molecule has 0 fully saturated rings. The summed E-state index contributed by atoms with van der Waals surface area (Å²) in [4.78, 5) is 0. The predicted octanol–water partition coefficient (Wildman–Crippen LogP) is 5.84. The molecule has 1 aromatic carbocycles. The Hall–Kier alpha value is -0.500. The second kappa shape index (κ2) is 5.05. The number of fused-ring (bicyclic) bond motifs is 1. The van der Waals surface area contributed by atoms with Crippen molar-refractivity contribution < 1.29 is 5.11 Å². The van der Waals surface area contributed by atoms with E-state index < -0.39 is 0 Å². The molecule has 1 aliphatic rings. The minimum Gasteiger partial charge on any atom is -0.506 e. The topological polar surface area (TPSA) is 20.2 Å². The van der Waals surface area contributed by atoms with Gasteiger partial charge in [-0.3, -0.25) is 0 Å². The quantitative estimate of drug-likeness (QED) is 0.718. The smallest absolute Gasteiger partial charge is 0.132 e. The molecular weight excluding hydrogens is 312 g/mol. The maximum atomic E-state index is 10.3. The van der Waals surface area contributed by atoms with Crippen molar-refractivity contribution in [1.82, 2.24) is 0 Å². The molecular formula is C18H27BrO. The van der Waals surface area contributed by atoms with Gasteiger partial charge >= 0.3 is 0 Å². The summed E-state index contributed by atoms with van der Waals surface area (Å²) in [6, 6.07) is 2.21. The summed E-state index contributed by atoms with van der Waals surface area (Å²) in [5.74, 6) is 1.10. The molecule has 2 heteroatoms. The third-order valence-corrected chi connectivity index (χ3v) is 5.99. The van der Waals surface area contributed by atoms with E-state index in [2.05, 4.69) is 56.6 Å². The van der Waals surface area contributed by atoms with E-state index in [1.807, 2.05) is 6.92 Å². The van der Waals surface area contributed by atoms with Crippen LogP contribution in [0, 0.1) is 12.8 Å². The Labute approximate surface area is 131 Å². The van der Waals surface area contributed by atoms with E-state index in [0.717, 1.165) is 10.0 Å². The summed E-state index contributed by atoms with van der Waals surface area (Å²) in [6.45, 7) is 13.6. The minimum absolute atomic E-state index is 0.106. The molecule has 0 radical (unpaired) electrons. The van der Waals surface area contributed by atoms with Gasteiger partial charge in [-0.25, -0.2) is 0 Å². The van der Waals surface area contributed by atoms with Gasteiger partial charge < -0.3 is 5.11 Å². The van der Waals surface area contributed by atoms with Crippen molar-refractivity contribution in [2.45, 2.75) is 71.6 Å². The lowest BCUT2D eigenvalue weighted by molar-refractivity contribution is 0.200.